The third kappa shape index (κ3) is 8.11. The quantitative estimate of drug-likeness (QED) is 0.231. The maximum absolute atomic E-state index is 12.7. The molecule has 1 aromatic rings. The minimum Gasteiger partial charge on any atom is -0.748 e. The number of sulfonamides is 1. The molecule has 2 aliphatic rings. The van der Waals surface area contributed by atoms with Gasteiger partial charge in [0.05, 0.1) is 45.4 Å². The van der Waals surface area contributed by atoms with E-state index >= 15 is 0 Å². The molecule has 0 spiro atoms. The summed E-state index contributed by atoms with van der Waals surface area (Å²) in [5, 5.41) is 9.82. The van der Waals surface area contributed by atoms with Crippen molar-refractivity contribution in [3.63, 3.8) is 0 Å². The summed E-state index contributed by atoms with van der Waals surface area (Å²) in [4.78, 5) is 27.6. The Bertz CT molecular complexity index is 1430. The van der Waals surface area contributed by atoms with Gasteiger partial charge in [0.1, 0.15) is 10.9 Å². The first-order valence-electron chi connectivity index (χ1n) is 10.4. The summed E-state index contributed by atoms with van der Waals surface area (Å²) in [5.74, 6) is -1.65. The number of amides is 2. The maximum atomic E-state index is 12.7. The number of ether oxygens (including phenoxy) is 1. The zero-order valence-corrected chi connectivity index (χ0v) is 22.7. The first-order chi connectivity index (χ1) is 17.1. The number of rotatable bonds is 9. The van der Waals surface area contributed by atoms with Crippen LogP contribution in [0.4, 0.5) is 5.69 Å². The molecule has 0 aromatic heterocycles. The summed E-state index contributed by atoms with van der Waals surface area (Å²) >= 11 is 6.09. The molecule has 2 aliphatic heterocycles. The summed E-state index contributed by atoms with van der Waals surface area (Å²) in [6, 6.07) is 6.87. The van der Waals surface area contributed by atoms with Crippen molar-refractivity contribution in [2.24, 2.45) is 0 Å². The Labute approximate surface area is 223 Å². The highest BCUT2D eigenvalue weighted by atomic mass is 32.2. The van der Waals surface area contributed by atoms with Gasteiger partial charge in [-0.3, -0.25) is 24.1 Å². The standard InChI is InChI=1S/C21H23N3O9S4/c1-13(9-17-20(27)24(21(34)35-17)10-14(25)12-37(30,31)32)7-8-19-23(11-18(26)22-36(2,28)29)15-5-3-4-6-16(15)33-19/h3-9,14,25H,10-12H2,1-2H3,(H,22,26)(H,30,31,32)/p-1/b13-7+,17-9+,19-8-. The van der Waals surface area contributed by atoms with Gasteiger partial charge in [0, 0.05) is 0 Å². The van der Waals surface area contributed by atoms with E-state index in [4.69, 9.17) is 17.0 Å². The van der Waals surface area contributed by atoms with E-state index in [-0.39, 0.29) is 21.7 Å². The molecule has 2 heterocycles. The number of β-amino-alcohol motifs (C(OH)–C–C–N with tert-alkyl or cyclic N) is 1. The number of para-hydroxylation sites is 2. The zero-order chi connectivity index (χ0) is 27.5. The molecule has 0 radical (unpaired) electrons. The van der Waals surface area contributed by atoms with Crippen molar-refractivity contribution in [3.8, 4) is 5.75 Å². The van der Waals surface area contributed by atoms with E-state index in [2.05, 4.69) is 0 Å². The molecule has 1 saturated heterocycles. The number of fused-ring (bicyclic) bond motifs is 1. The molecule has 200 valence electrons. The topological polar surface area (TPSA) is 173 Å². The van der Waals surface area contributed by atoms with Gasteiger partial charge in [-0.25, -0.2) is 16.8 Å². The van der Waals surface area contributed by atoms with Gasteiger partial charge >= 0.3 is 0 Å². The van der Waals surface area contributed by atoms with Gasteiger partial charge < -0.3 is 14.4 Å². The number of benzene rings is 1. The Morgan fingerprint density at radius 1 is 1.27 bits per heavy atom. The Hall–Kier alpha value is -2.76. The predicted octanol–water partition coefficient (Wildman–Crippen LogP) is 0.399. The minimum absolute atomic E-state index is 0.0994. The lowest BCUT2D eigenvalue weighted by Crippen LogP contribution is -2.38. The van der Waals surface area contributed by atoms with Crippen molar-refractivity contribution >= 4 is 65.9 Å². The second kappa shape index (κ2) is 11.3. The maximum Gasteiger partial charge on any atom is 0.266 e. The average Bonchev–Trinajstić information content (AvgIpc) is 3.21. The van der Waals surface area contributed by atoms with Gasteiger partial charge in [-0.1, -0.05) is 42.2 Å². The van der Waals surface area contributed by atoms with Gasteiger partial charge in [0.15, 0.2) is 5.75 Å². The van der Waals surface area contributed by atoms with Gasteiger partial charge in [0.25, 0.3) is 11.8 Å². The van der Waals surface area contributed by atoms with Gasteiger partial charge in [-0.2, -0.15) is 0 Å². The number of nitrogens with zero attached hydrogens (tertiary/aromatic N) is 2. The molecule has 0 aliphatic carbocycles. The molecular weight excluding hydrogens is 567 g/mol. The number of hydrogen-bond donors (Lipinski definition) is 2. The van der Waals surface area contributed by atoms with Crippen molar-refractivity contribution in [3.05, 3.63) is 58.9 Å². The number of carbonyl (C=O) groups is 2. The molecule has 3 rings (SSSR count). The Morgan fingerprint density at radius 2 is 1.95 bits per heavy atom. The third-order valence-corrected chi connectivity index (χ3v) is 7.52. The van der Waals surface area contributed by atoms with Crippen LogP contribution in [0.15, 0.2) is 58.9 Å². The molecule has 1 fully saturated rings. The number of hydrogen-bond acceptors (Lipinski definition) is 12. The van der Waals surface area contributed by atoms with Crippen LogP contribution in [-0.4, -0.2) is 78.7 Å². The van der Waals surface area contributed by atoms with Crippen LogP contribution in [-0.2, 0) is 29.7 Å². The van der Waals surface area contributed by atoms with E-state index in [1.165, 1.54) is 11.0 Å². The highest BCUT2D eigenvalue weighted by Gasteiger charge is 2.33. The molecule has 1 aromatic carbocycles. The van der Waals surface area contributed by atoms with Gasteiger partial charge in [-0.05, 0) is 36.8 Å². The monoisotopic (exact) mass is 588 g/mol. The third-order valence-electron chi connectivity index (χ3n) is 4.75. The van der Waals surface area contributed by atoms with Crippen LogP contribution in [0.3, 0.4) is 0 Å². The molecule has 16 heteroatoms. The number of aliphatic hydroxyl groups is 1. The molecule has 0 saturated carbocycles. The lowest BCUT2D eigenvalue weighted by Gasteiger charge is -2.19. The molecule has 37 heavy (non-hydrogen) atoms. The van der Waals surface area contributed by atoms with Crippen LogP contribution in [0.2, 0.25) is 0 Å². The second-order valence-corrected chi connectivity index (χ2v) is 12.9. The fraction of sp³-hybridized carbons (Fsp3) is 0.286. The van der Waals surface area contributed by atoms with Crippen LogP contribution < -0.4 is 14.4 Å². The number of carbonyl (C=O) groups excluding carboxylic acids is 2. The summed E-state index contributed by atoms with van der Waals surface area (Å²) in [6.07, 6.45) is 3.96. The minimum atomic E-state index is -4.68. The van der Waals surface area contributed by atoms with E-state index in [9.17, 15) is 36.1 Å². The number of anilines is 1. The Balaban J connectivity index is 1.78. The molecular formula is C21H22N3O9S4-. The van der Waals surface area contributed by atoms with Crippen molar-refractivity contribution in [2.75, 3.05) is 30.0 Å². The molecule has 0 bridgehead atoms. The Morgan fingerprint density at radius 3 is 2.59 bits per heavy atom. The lowest BCUT2D eigenvalue weighted by atomic mass is 10.2. The summed E-state index contributed by atoms with van der Waals surface area (Å²) in [6.45, 7) is 0.918. The zero-order valence-electron chi connectivity index (χ0n) is 19.5. The molecule has 1 unspecified atom stereocenters. The van der Waals surface area contributed by atoms with E-state index < -0.39 is 50.4 Å². The van der Waals surface area contributed by atoms with Crippen LogP contribution in [0.1, 0.15) is 6.92 Å². The molecule has 2 amide bonds. The summed E-state index contributed by atoms with van der Waals surface area (Å²) in [7, 11) is -8.42. The second-order valence-electron chi connectivity index (χ2n) is 8.04. The fourth-order valence-electron chi connectivity index (χ4n) is 3.34. The largest absolute Gasteiger partial charge is 0.748 e. The number of nitrogens with one attached hydrogen (secondary N) is 1. The Kier molecular flexibility index (Phi) is 8.81. The summed E-state index contributed by atoms with van der Waals surface area (Å²) < 4.78 is 63.1. The summed E-state index contributed by atoms with van der Waals surface area (Å²) in [5.41, 5.74) is 1.14. The number of thioether (sulfide) groups is 1. The molecule has 1 atom stereocenters. The van der Waals surface area contributed by atoms with Crippen molar-refractivity contribution in [1.82, 2.24) is 9.62 Å². The van der Waals surface area contributed by atoms with Crippen LogP contribution in [0.5, 0.6) is 5.75 Å². The lowest BCUT2D eigenvalue weighted by molar-refractivity contribution is -0.123. The highest BCUT2D eigenvalue weighted by Crippen LogP contribution is 2.38. The SMILES string of the molecule is CC(=C\C=C1/Oc2ccccc2N1CC(=O)NS(C)(=O)=O)/C=C1/SC(=S)N(CC(O)CS(=O)(=O)[O-])C1=O. The predicted molar refractivity (Wildman–Crippen MR) is 140 cm³/mol. The number of thiocarbonyl (C=S) groups is 1. The van der Waals surface area contributed by atoms with E-state index in [0.29, 0.717) is 17.0 Å². The van der Waals surface area contributed by atoms with E-state index in [1.807, 2.05) is 4.72 Å². The van der Waals surface area contributed by atoms with Crippen molar-refractivity contribution < 1.29 is 40.8 Å². The fourth-order valence-corrected chi connectivity index (χ4v) is 5.72. The number of allylic oxidation sites excluding steroid dienone is 4. The van der Waals surface area contributed by atoms with Crippen molar-refractivity contribution in [2.45, 2.75) is 13.0 Å². The normalized spacial score (nSPS) is 19.4. The van der Waals surface area contributed by atoms with Crippen LogP contribution >= 0.6 is 24.0 Å². The van der Waals surface area contributed by atoms with Crippen molar-refractivity contribution in [1.29, 1.82) is 0 Å². The first-order valence-corrected chi connectivity index (χ1v) is 15.1. The van der Waals surface area contributed by atoms with E-state index in [1.54, 1.807) is 43.3 Å². The smallest absolute Gasteiger partial charge is 0.266 e. The molecule has 12 nitrogen and oxygen atoms in total. The van der Waals surface area contributed by atoms with Gasteiger partial charge in [-0.15, -0.1) is 0 Å². The first kappa shape index (κ1) is 28.8. The number of aliphatic hydroxyl groups excluding tert-OH is 1. The van der Waals surface area contributed by atoms with Crippen LogP contribution in [0.25, 0.3) is 0 Å². The highest BCUT2D eigenvalue weighted by molar-refractivity contribution is 8.26. The van der Waals surface area contributed by atoms with Gasteiger partial charge in [0.2, 0.25) is 15.9 Å². The van der Waals surface area contributed by atoms with E-state index in [0.717, 1.165) is 22.9 Å². The average molecular weight is 589 g/mol. The van der Waals surface area contributed by atoms with Crippen LogP contribution in [0, 0.1) is 0 Å². The molecule has 2 N–H and O–H groups in total.